The van der Waals surface area contributed by atoms with E-state index in [-0.39, 0.29) is 18.5 Å². The van der Waals surface area contributed by atoms with Crippen molar-refractivity contribution in [1.82, 2.24) is 5.32 Å². The molecular formula is C14H17NO5P+. The summed E-state index contributed by atoms with van der Waals surface area (Å²) in [5.74, 6) is -1.17. The second kappa shape index (κ2) is 9.00. The Balaban J connectivity index is 2.84. The lowest BCUT2D eigenvalue weighted by molar-refractivity contribution is -0.138. The van der Waals surface area contributed by atoms with Crippen molar-refractivity contribution in [2.24, 2.45) is 0 Å². The minimum Gasteiger partial charge on any atom is -0.461 e. The number of hydrogen-bond acceptors (Lipinski definition) is 5. The Morgan fingerprint density at radius 1 is 1.33 bits per heavy atom. The lowest BCUT2D eigenvalue weighted by atomic mass is 10.2. The summed E-state index contributed by atoms with van der Waals surface area (Å²) in [5, 5.41) is 11.2. The molecule has 0 aliphatic rings. The van der Waals surface area contributed by atoms with Gasteiger partial charge in [0.25, 0.3) is 5.91 Å². The van der Waals surface area contributed by atoms with E-state index in [9.17, 15) is 14.2 Å². The summed E-state index contributed by atoms with van der Waals surface area (Å²) in [6.45, 7) is 1.80. The van der Waals surface area contributed by atoms with E-state index in [0.29, 0.717) is 5.56 Å². The van der Waals surface area contributed by atoms with Crippen LogP contribution < -0.4 is 5.32 Å². The molecule has 0 aliphatic carbocycles. The number of amides is 1. The molecule has 0 aliphatic heterocycles. The van der Waals surface area contributed by atoms with Crippen LogP contribution in [-0.4, -0.2) is 36.1 Å². The molecule has 0 fully saturated rings. The zero-order chi connectivity index (χ0) is 15.7. The van der Waals surface area contributed by atoms with Gasteiger partial charge < -0.3 is 15.2 Å². The minimum absolute atomic E-state index is 0.0188. The highest BCUT2D eigenvalue weighted by atomic mass is 31.1. The fourth-order valence-electron chi connectivity index (χ4n) is 1.43. The Morgan fingerprint density at radius 3 is 2.57 bits per heavy atom. The monoisotopic (exact) mass is 310 g/mol. The number of aliphatic hydroxyl groups excluding tert-OH is 1. The minimum atomic E-state index is -1.85. The number of benzene rings is 1. The summed E-state index contributed by atoms with van der Waals surface area (Å²) in [6, 6.07) is 8.38. The van der Waals surface area contributed by atoms with Crippen molar-refractivity contribution in [1.29, 1.82) is 0 Å². The highest BCUT2D eigenvalue weighted by Gasteiger charge is 2.18. The third-order valence-electron chi connectivity index (χ3n) is 2.44. The Morgan fingerprint density at radius 2 is 2.00 bits per heavy atom. The lowest BCUT2D eigenvalue weighted by Crippen LogP contribution is -2.28. The number of hydrogen-bond donors (Lipinski definition) is 2. The molecule has 6 nitrogen and oxygen atoms in total. The number of carbonyl (C=O) groups is 2. The Bertz CT molecular complexity index is 542. The molecule has 112 valence electrons. The molecule has 1 unspecified atom stereocenters. The molecule has 0 saturated carbocycles. The van der Waals surface area contributed by atoms with E-state index < -0.39 is 26.0 Å². The van der Waals surface area contributed by atoms with Crippen LogP contribution in [0, 0.1) is 0 Å². The smallest absolute Gasteiger partial charge is 0.370 e. The van der Waals surface area contributed by atoms with Crippen molar-refractivity contribution >= 4 is 19.7 Å². The number of allylic oxidation sites excluding steroid dienone is 1. The maximum absolute atomic E-state index is 12.0. The van der Waals surface area contributed by atoms with Crippen molar-refractivity contribution in [3.63, 3.8) is 0 Å². The first kappa shape index (κ1) is 17.0. The van der Waals surface area contributed by atoms with Crippen molar-refractivity contribution in [2.75, 3.05) is 19.1 Å². The van der Waals surface area contributed by atoms with Crippen LogP contribution in [0.1, 0.15) is 17.3 Å². The maximum Gasteiger partial charge on any atom is 0.370 e. The number of carbonyl (C=O) groups excluding carboxylic acids is 2. The summed E-state index contributed by atoms with van der Waals surface area (Å²) >= 11 is 0. The summed E-state index contributed by atoms with van der Waals surface area (Å²) in [7, 11) is -1.85. The largest absolute Gasteiger partial charge is 0.461 e. The van der Waals surface area contributed by atoms with Crippen LogP contribution >= 0.6 is 7.80 Å². The van der Waals surface area contributed by atoms with Crippen LogP contribution in [0.15, 0.2) is 42.1 Å². The van der Waals surface area contributed by atoms with Gasteiger partial charge in [0.05, 0.1) is 6.61 Å². The first-order chi connectivity index (χ1) is 10.1. The predicted molar refractivity (Wildman–Crippen MR) is 78.2 cm³/mol. The van der Waals surface area contributed by atoms with Crippen LogP contribution in [-0.2, 0) is 14.1 Å². The van der Waals surface area contributed by atoms with Gasteiger partial charge in [-0.3, -0.25) is 4.79 Å². The molecule has 0 bridgehead atoms. The van der Waals surface area contributed by atoms with Gasteiger partial charge in [-0.1, -0.05) is 22.8 Å². The summed E-state index contributed by atoms with van der Waals surface area (Å²) in [6.07, 6.45) is 0.803. The number of aliphatic hydroxyl groups is 1. The second-order valence-corrected chi connectivity index (χ2v) is 5.58. The molecule has 0 saturated heterocycles. The normalized spacial score (nSPS) is 11.7. The number of nitrogens with one attached hydrogen (secondary N) is 1. The standard InChI is InChI=1S/C14H16NO5P/c1-2-20-14(18)12(8-9-21(19)10-16)15-13(17)11-6-4-3-5-7-11/h3-8,16H,2,9-10H2,1H3/p+1/b12-8+. The average Bonchev–Trinajstić information content (AvgIpc) is 2.51. The SMILES string of the molecule is CCOC(=O)/C(=C\C[P+](=O)CO)NC(=O)c1ccccc1. The van der Waals surface area contributed by atoms with Gasteiger partial charge in [0.15, 0.2) is 6.16 Å². The van der Waals surface area contributed by atoms with Crippen molar-refractivity contribution < 1.29 is 24.0 Å². The van der Waals surface area contributed by atoms with E-state index in [4.69, 9.17) is 9.84 Å². The zero-order valence-corrected chi connectivity index (χ0v) is 12.5. The molecule has 21 heavy (non-hydrogen) atoms. The molecule has 1 aromatic carbocycles. The Hall–Kier alpha value is -2.04. The number of esters is 1. The van der Waals surface area contributed by atoms with Crippen LogP contribution in [0.3, 0.4) is 0 Å². The topological polar surface area (TPSA) is 92.7 Å². The molecular weight excluding hydrogens is 293 g/mol. The third-order valence-corrected chi connectivity index (χ3v) is 3.34. The van der Waals surface area contributed by atoms with E-state index in [1.807, 2.05) is 0 Å². The Labute approximate surface area is 123 Å². The van der Waals surface area contributed by atoms with Gasteiger partial charge in [-0.2, -0.15) is 0 Å². The molecule has 0 radical (unpaired) electrons. The molecule has 1 amide bonds. The summed E-state index contributed by atoms with van der Waals surface area (Å²) in [4.78, 5) is 23.7. The van der Waals surface area contributed by atoms with Crippen molar-refractivity contribution in [3.8, 4) is 0 Å². The van der Waals surface area contributed by atoms with E-state index in [2.05, 4.69) is 5.32 Å². The molecule has 1 aromatic rings. The van der Waals surface area contributed by atoms with E-state index in [1.54, 1.807) is 37.3 Å². The number of rotatable bonds is 7. The first-order valence-corrected chi connectivity index (χ1v) is 7.98. The van der Waals surface area contributed by atoms with Gasteiger partial charge in [0.2, 0.25) is 6.35 Å². The second-order valence-electron chi connectivity index (χ2n) is 3.96. The molecule has 1 atom stereocenters. The molecule has 0 heterocycles. The lowest BCUT2D eigenvalue weighted by Gasteiger charge is -2.08. The van der Waals surface area contributed by atoms with Crippen molar-refractivity contribution in [2.45, 2.75) is 6.92 Å². The average molecular weight is 310 g/mol. The van der Waals surface area contributed by atoms with Crippen LogP contribution in [0.25, 0.3) is 0 Å². The van der Waals surface area contributed by atoms with Gasteiger partial charge >= 0.3 is 13.8 Å². The van der Waals surface area contributed by atoms with Crippen molar-refractivity contribution in [3.05, 3.63) is 47.7 Å². The van der Waals surface area contributed by atoms with Gasteiger partial charge in [0, 0.05) is 5.56 Å². The van der Waals surface area contributed by atoms with Crippen LogP contribution in [0.5, 0.6) is 0 Å². The summed E-state index contributed by atoms with van der Waals surface area (Å²) < 4.78 is 16.1. The fraction of sp³-hybridized carbons (Fsp3) is 0.286. The number of ether oxygens (including phenoxy) is 1. The molecule has 0 spiro atoms. The molecule has 2 N–H and O–H groups in total. The first-order valence-electron chi connectivity index (χ1n) is 6.35. The van der Waals surface area contributed by atoms with E-state index in [0.717, 1.165) is 0 Å². The predicted octanol–water partition coefficient (Wildman–Crippen LogP) is 1.64. The van der Waals surface area contributed by atoms with Crippen LogP contribution in [0.2, 0.25) is 0 Å². The van der Waals surface area contributed by atoms with E-state index in [1.165, 1.54) is 6.08 Å². The molecule has 0 aromatic heterocycles. The van der Waals surface area contributed by atoms with E-state index >= 15 is 0 Å². The van der Waals surface area contributed by atoms with Gasteiger partial charge in [0.1, 0.15) is 5.70 Å². The van der Waals surface area contributed by atoms with Gasteiger partial charge in [-0.15, -0.1) is 0 Å². The Kier molecular flexibility index (Phi) is 7.29. The highest BCUT2D eigenvalue weighted by Crippen LogP contribution is 2.18. The van der Waals surface area contributed by atoms with Gasteiger partial charge in [-0.05, 0) is 25.1 Å². The van der Waals surface area contributed by atoms with Crippen LogP contribution in [0.4, 0.5) is 0 Å². The fourth-order valence-corrected chi connectivity index (χ4v) is 1.93. The maximum atomic E-state index is 12.0. The summed E-state index contributed by atoms with van der Waals surface area (Å²) in [5.41, 5.74) is 0.307. The molecule has 1 rings (SSSR count). The quantitative estimate of drug-likeness (QED) is 0.454. The molecule has 7 heteroatoms. The third kappa shape index (κ3) is 5.85. The zero-order valence-electron chi connectivity index (χ0n) is 11.6. The highest BCUT2D eigenvalue weighted by molar-refractivity contribution is 7.44. The van der Waals surface area contributed by atoms with Gasteiger partial charge in [-0.25, -0.2) is 4.79 Å².